The zero-order valence-corrected chi connectivity index (χ0v) is 11.9. The standard InChI is InChI=1S/C17H22N2O/c1-14-5-7-15(8-6-14)11-18-12-16(13-20)10-17-4-2-3-9-19-17/h2-9,16,18,20H,10-13H2,1H3. The van der Waals surface area contributed by atoms with Crippen LogP contribution in [-0.4, -0.2) is 23.2 Å². The highest BCUT2D eigenvalue weighted by Crippen LogP contribution is 2.06. The minimum Gasteiger partial charge on any atom is -0.396 e. The smallest absolute Gasteiger partial charge is 0.0475 e. The van der Waals surface area contributed by atoms with Crippen molar-refractivity contribution in [2.45, 2.75) is 19.9 Å². The van der Waals surface area contributed by atoms with Crippen LogP contribution in [0.4, 0.5) is 0 Å². The molecule has 0 radical (unpaired) electrons. The molecule has 1 atom stereocenters. The molecule has 1 aromatic carbocycles. The van der Waals surface area contributed by atoms with Crippen LogP contribution in [0.1, 0.15) is 16.8 Å². The van der Waals surface area contributed by atoms with E-state index >= 15 is 0 Å². The lowest BCUT2D eigenvalue weighted by atomic mass is 10.0. The van der Waals surface area contributed by atoms with Gasteiger partial charge in [-0.3, -0.25) is 4.98 Å². The van der Waals surface area contributed by atoms with Gasteiger partial charge in [-0.1, -0.05) is 35.9 Å². The van der Waals surface area contributed by atoms with Crippen LogP contribution in [0.3, 0.4) is 0 Å². The molecule has 3 heteroatoms. The molecule has 0 amide bonds. The average Bonchev–Trinajstić information content (AvgIpc) is 2.49. The van der Waals surface area contributed by atoms with Gasteiger partial charge in [0.15, 0.2) is 0 Å². The van der Waals surface area contributed by atoms with Crippen molar-refractivity contribution in [3.05, 3.63) is 65.5 Å². The Balaban J connectivity index is 1.78. The predicted octanol–water partition coefficient (Wildman–Crippen LogP) is 2.33. The lowest BCUT2D eigenvalue weighted by Crippen LogP contribution is -2.26. The fourth-order valence-corrected chi connectivity index (χ4v) is 2.14. The van der Waals surface area contributed by atoms with Gasteiger partial charge in [0.2, 0.25) is 0 Å². The summed E-state index contributed by atoms with van der Waals surface area (Å²) in [5.74, 6) is 0.204. The van der Waals surface area contributed by atoms with Crippen LogP contribution < -0.4 is 5.32 Å². The molecule has 2 aromatic rings. The molecule has 2 N–H and O–H groups in total. The largest absolute Gasteiger partial charge is 0.396 e. The van der Waals surface area contributed by atoms with Crippen molar-refractivity contribution in [1.82, 2.24) is 10.3 Å². The summed E-state index contributed by atoms with van der Waals surface area (Å²) in [5.41, 5.74) is 3.57. The van der Waals surface area contributed by atoms with Crippen molar-refractivity contribution >= 4 is 0 Å². The van der Waals surface area contributed by atoms with E-state index in [9.17, 15) is 5.11 Å². The molecular formula is C17H22N2O. The van der Waals surface area contributed by atoms with E-state index in [1.54, 1.807) is 6.20 Å². The Bertz CT molecular complexity index is 496. The Hall–Kier alpha value is -1.71. The van der Waals surface area contributed by atoms with E-state index in [1.807, 2.05) is 18.2 Å². The van der Waals surface area contributed by atoms with E-state index in [2.05, 4.69) is 41.5 Å². The van der Waals surface area contributed by atoms with Gasteiger partial charge in [0.05, 0.1) is 0 Å². The maximum atomic E-state index is 9.45. The minimum atomic E-state index is 0.178. The SMILES string of the molecule is Cc1ccc(CNCC(CO)Cc2ccccn2)cc1. The molecule has 2 rings (SSSR count). The Morgan fingerprint density at radius 2 is 1.95 bits per heavy atom. The number of aryl methyl sites for hydroxylation is 1. The summed E-state index contributed by atoms with van der Waals surface area (Å²) in [5, 5.41) is 12.9. The van der Waals surface area contributed by atoms with Crippen LogP contribution in [0.5, 0.6) is 0 Å². The Morgan fingerprint density at radius 1 is 1.15 bits per heavy atom. The fourth-order valence-electron chi connectivity index (χ4n) is 2.14. The Labute approximate surface area is 120 Å². The van der Waals surface area contributed by atoms with Crippen LogP contribution in [0, 0.1) is 12.8 Å². The predicted molar refractivity (Wildman–Crippen MR) is 81.4 cm³/mol. The number of hydrogen-bond acceptors (Lipinski definition) is 3. The molecule has 0 fully saturated rings. The first kappa shape index (κ1) is 14.7. The van der Waals surface area contributed by atoms with E-state index in [-0.39, 0.29) is 12.5 Å². The van der Waals surface area contributed by atoms with Crippen molar-refractivity contribution < 1.29 is 5.11 Å². The van der Waals surface area contributed by atoms with E-state index in [1.165, 1.54) is 11.1 Å². The van der Waals surface area contributed by atoms with Crippen molar-refractivity contribution in [2.24, 2.45) is 5.92 Å². The molecule has 0 bridgehead atoms. The van der Waals surface area contributed by atoms with Gasteiger partial charge in [-0.15, -0.1) is 0 Å². The third-order valence-corrected chi connectivity index (χ3v) is 3.36. The zero-order chi connectivity index (χ0) is 14.2. The van der Waals surface area contributed by atoms with Crippen LogP contribution in [0.15, 0.2) is 48.7 Å². The summed E-state index contributed by atoms with van der Waals surface area (Å²) in [6, 6.07) is 14.4. The second-order valence-corrected chi connectivity index (χ2v) is 5.19. The second-order valence-electron chi connectivity index (χ2n) is 5.19. The van der Waals surface area contributed by atoms with Crippen molar-refractivity contribution in [1.29, 1.82) is 0 Å². The van der Waals surface area contributed by atoms with Crippen molar-refractivity contribution in [3.8, 4) is 0 Å². The monoisotopic (exact) mass is 270 g/mol. The number of nitrogens with zero attached hydrogens (tertiary/aromatic N) is 1. The molecular weight excluding hydrogens is 248 g/mol. The van der Waals surface area contributed by atoms with Gasteiger partial charge in [-0.2, -0.15) is 0 Å². The van der Waals surface area contributed by atoms with Gasteiger partial charge in [0, 0.05) is 31.6 Å². The van der Waals surface area contributed by atoms with Gasteiger partial charge in [-0.05, 0) is 37.0 Å². The first-order valence-corrected chi connectivity index (χ1v) is 7.05. The lowest BCUT2D eigenvalue weighted by Gasteiger charge is -2.14. The molecule has 1 heterocycles. The summed E-state index contributed by atoms with van der Waals surface area (Å²) in [4.78, 5) is 4.30. The van der Waals surface area contributed by atoms with Gasteiger partial charge < -0.3 is 10.4 Å². The highest BCUT2D eigenvalue weighted by molar-refractivity contribution is 5.21. The Morgan fingerprint density at radius 3 is 2.60 bits per heavy atom. The van der Waals surface area contributed by atoms with E-state index in [0.717, 1.165) is 25.2 Å². The first-order valence-electron chi connectivity index (χ1n) is 7.05. The molecule has 0 saturated heterocycles. The molecule has 1 unspecified atom stereocenters. The fraction of sp³-hybridized carbons (Fsp3) is 0.353. The summed E-state index contributed by atoms with van der Waals surface area (Å²) >= 11 is 0. The van der Waals surface area contributed by atoms with E-state index in [4.69, 9.17) is 0 Å². The molecule has 0 aliphatic heterocycles. The van der Waals surface area contributed by atoms with Crippen LogP contribution in [-0.2, 0) is 13.0 Å². The van der Waals surface area contributed by atoms with E-state index < -0.39 is 0 Å². The summed E-state index contributed by atoms with van der Waals surface area (Å²) in [7, 11) is 0. The Kier molecular flexibility index (Phi) is 5.71. The van der Waals surface area contributed by atoms with Crippen molar-refractivity contribution in [3.63, 3.8) is 0 Å². The average molecular weight is 270 g/mol. The number of nitrogens with one attached hydrogen (secondary N) is 1. The molecule has 0 saturated carbocycles. The number of benzene rings is 1. The number of aliphatic hydroxyl groups excluding tert-OH is 1. The maximum Gasteiger partial charge on any atom is 0.0475 e. The van der Waals surface area contributed by atoms with Crippen LogP contribution in [0.2, 0.25) is 0 Å². The second kappa shape index (κ2) is 7.78. The van der Waals surface area contributed by atoms with Gasteiger partial charge in [0.1, 0.15) is 0 Å². The minimum absolute atomic E-state index is 0.178. The summed E-state index contributed by atoms with van der Waals surface area (Å²) in [6.45, 7) is 3.89. The zero-order valence-electron chi connectivity index (χ0n) is 11.9. The molecule has 0 aliphatic carbocycles. The third-order valence-electron chi connectivity index (χ3n) is 3.36. The summed E-state index contributed by atoms with van der Waals surface area (Å²) < 4.78 is 0. The molecule has 3 nitrogen and oxygen atoms in total. The first-order chi connectivity index (χ1) is 9.78. The normalized spacial score (nSPS) is 12.3. The molecule has 106 valence electrons. The molecule has 0 spiro atoms. The van der Waals surface area contributed by atoms with Gasteiger partial charge in [0.25, 0.3) is 0 Å². The highest BCUT2D eigenvalue weighted by Gasteiger charge is 2.08. The van der Waals surface area contributed by atoms with Crippen LogP contribution >= 0.6 is 0 Å². The van der Waals surface area contributed by atoms with Gasteiger partial charge >= 0.3 is 0 Å². The number of aromatic nitrogens is 1. The number of hydrogen-bond donors (Lipinski definition) is 2. The topological polar surface area (TPSA) is 45.1 Å². The summed E-state index contributed by atoms with van der Waals surface area (Å²) in [6.07, 6.45) is 2.60. The van der Waals surface area contributed by atoms with Gasteiger partial charge in [-0.25, -0.2) is 0 Å². The molecule has 20 heavy (non-hydrogen) atoms. The van der Waals surface area contributed by atoms with E-state index in [0.29, 0.717) is 0 Å². The highest BCUT2D eigenvalue weighted by atomic mass is 16.3. The molecule has 1 aromatic heterocycles. The lowest BCUT2D eigenvalue weighted by molar-refractivity contribution is 0.220. The third kappa shape index (κ3) is 4.76. The number of aliphatic hydroxyl groups is 1. The molecule has 0 aliphatic rings. The van der Waals surface area contributed by atoms with Crippen molar-refractivity contribution in [2.75, 3.05) is 13.2 Å². The number of pyridine rings is 1. The number of rotatable bonds is 7. The quantitative estimate of drug-likeness (QED) is 0.811. The maximum absolute atomic E-state index is 9.45. The van der Waals surface area contributed by atoms with Crippen LogP contribution in [0.25, 0.3) is 0 Å².